The van der Waals surface area contributed by atoms with E-state index in [4.69, 9.17) is 14.6 Å². The minimum absolute atomic E-state index is 0.209. The van der Waals surface area contributed by atoms with Crippen LogP contribution in [0.5, 0.6) is 11.5 Å². The second kappa shape index (κ2) is 10.3. The van der Waals surface area contributed by atoms with Crippen molar-refractivity contribution in [1.82, 2.24) is 5.32 Å². The fourth-order valence-electron chi connectivity index (χ4n) is 3.66. The second-order valence-corrected chi connectivity index (χ2v) is 9.25. The van der Waals surface area contributed by atoms with Gasteiger partial charge in [-0.1, -0.05) is 38.1 Å². The molecule has 0 bridgehead atoms. The van der Waals surface area contributed by atoms with E-state index in [9.17, 15) is 4.79 Å². The van der Waals surface area contributed by atoms with Crippen molar-refractivity contribution < 1.29 is 19.4 Å². The molecule has 0 atom stereocenters. The van der Waals surface area contributed by atoms with Crippen LogP contribution in [0.1, 0.15) is 43.4 Å². The van der Waals surface area contributed by atoms with Crippen LogP contribution in [0.3, 0.4) is 0 Å². The minimum atomic E-state index is -0.700. The second-order valence-electron chi connectivity index (χ2n) is 8.40. The molecule has 1 fully saturated rings. The summed E-state index contributed by atoms with van der Waals surface area (Å²) in [6.07, 6.45) is 2.45. The molecule has 2 N–H and O–H groups in total. The lowest BCUT2D eigenvalue weighted by molar-refractivity contribution is -0.145. The Morgan fingerprint density at radius 3 is 2.43 bits per heavy atom. The number of ether oxygens (including phenoxy) is 2. The number of nitrogens with one attached hydrogen (secondary N) is 1. The first kappa shape index (κ1) is 22.6. The summed E-state index contributed by atoms with van der Waals surface area (Å²) in [4.78, 5) is 10.9. The van der Waals surface area contributed by atoms with Crippen LogP contribution in [-0.4, -0.2) is 24.2 Å². The molecule has 2 aromatic rings. The predicted molar refractivity (Wildman–Crippen MR) is 121 cm³/mol. The average Bonchev–Trinajstić information content (AvgIpc) is 2.66. The number of hydrogen-bond acceptors (Lipinski definition) is 4. The van der Waals surface area contributed by atoms with Crippen molar-refractivity contribution in [2.45, 2.75) is 52.3 Å². The number of aliphatic carboxylic acids is 1. The van der Waals surface area contributed by atoms with E-state index in [-0.39, 0.29) is 12.0 Å². The molecule has 30 heavy (non-hydrogen) atoms. The van der Waals surface area contributed by atoms with E-state index in [1.807, 2.05) is 12.1 Å². The van der Waals surface area contributed by atoms with Crippen molar-refractivity contribution in [1.29, 1.82) is 0 Å². The molecule has 0 unspecified atom stereocenters. The molecule has 1 saturated carbocycles. The number of carboxylic acids is 1. The van der Waals surface area contributed by atoms with Crippen molar-refractivity contribution >= 4 is 21.9 Å². The van der Waals surface area contributed by atoms with Gasteiger partial charge in [-0.25, -0.2) is 0 Å². The average molecular weight is 476 g/mol. The van der Waals surface area contributed by atoms with Gasteiger partial charge in [0.15, 0.2) is 11.5 Å². The lowest BCUT2D eigenvalue weighted by Gasteiger charge is -2.33. The number of carbonyl (C=O) groups is 1. The molecule has 1 aliphatic carbocycles. The summed E-state index contributed by atoms with van der Waals surface area (Å²) in [7, 11) is 1.63. The van der Waals surface area contributed by atoms with E-state index in [0.29, 0.717) is 43.4 Å². The Morgan fingerprint density at radius 2 is 1.83 bits per heavy atom. The summed E-state index contributed by atoms with van der Waals surface area (Å²) in [5.41, 5.74) is 3.51. The summed E-state index contributed by atoms with van der Waals surface area (Å²) in [6.45, 7) is 5.56. The van der Waals surface area contributed by atoms with E-state index in [1.165, 1.54) is 5.56 Å². The van der Waals surface area contributed by atoms with Crippen molar-refractivity contribution in [2.75, 3.05) is 7.11 Å². The van der Waals surface area contributed by atoms with E-state index in [0.717, 1.165) is 22.0 Å². The van der Waals surface area contributed by atoms with Gasteiger partial charge in [-0.2, -0.15) is 0 Å². The van der Waals surface area contributed by atoms with E-state index < -0.39 is 5.97 Å². The van der Waals surface area contributed by atoms with Gasteiger partial charge in [-0.15, -0.1) is 0 Å². The van der Waals surface area contributed by atoms with E-state index >= 15 is 0 Å². The summed E-state index contributed by atoms with van der Waals surface area (Å²) in [5.74, 6) is 1.09. The standard InChI is InChI=1S/C24H30BrNO4/c1-15(2)8-16-4-6-17(7-5-16)14-30-23-21(25)9-18(10-22(23)29-3)13-26-20-11-19(12-20)24(27)28/h4-7,9-10,15,19-20,26H,8,11-14H2,1-3H3,(H,27,28). The quantitative estimate of drug-likeness (QED) is 0.494. The van der Waals surface area contributed by atoms with Crippen LogP contribution in [0, 0.1) is 11.8 Å². The maximum atomic E-state index is 10.9. The van der Waals surface area contributed by atoms with Crippen LogP contribution in [0.2, 0.25) is 0 Å². The number of benzene rings is 2. The highest BCUT2D eigenvalue weighted by Gasteiger charge is 2.33. The highest BCUT2D eigenvalue weighted by atomic mass is 79.9. The fourth-order valence-corrected chi connectivity index (χ4v) is 4.27. The van der Waals surface area contributed by atoms with Crippen LogP contribution >= 0.6 is 15.9 Å². The maximum absolute atomic E-state index is 10.9. The molecule has 0 saturated heterocycles. The fraction of sp³-hybridized carbons (Fsp3) is 0.458. The van der Waals surface area contributed by atoms with Crippen LogP contribution in [0.4, 0.5) is 0 Å². The van der Waals surface area contributed by atoms with Crippen molar-refractivity contribution in [2.24, 2.45) is 11.8 Å². The Bertz CT molecular complexity index is 860. The van der Waals surface area contributed by atoms with Crippen molar-refractivity contribution in [3.8, 4) is 11.5 Å². The van der Waals surface area contributed by atoms with Gasteiger partial charge in [-0.05, 0) is 69.9 Å². The molecule has 6 heteroatoms. The third-order valence-corrected chi connectivity index (χ3v) is 6.01. The highest BCUT2D eigenvalue weighted by molar-refractivity contribution is 9.10. The van der Waals surface area contributed by atoms with Crippen LogP contribution in [0.25, 0.3) is 0 Å². The molecule has 0 aromatic heterocycles. The maximum Gasteiger partial charge on any atom is 0.306 e. The number of carboxylic acid groups (broad SMARTS) is 1. The third-order valence-electron chi connectivity index (χ3n) is 5.42. The zero-order chi connectivity index (χ0) is 21.7. The first-order valence-corrected chi connectivity index (χ1v) is 11.2. The SMILES string of the molecule is COc1cc(CNC2CC(C(=O)O)C2)cc(Br)c1OCc1ccc(CC(C)C)cc1. The molecule has 1 aliphatic rings. The van der Waals surface area contributed by atoms with E-state index in [2.05, 4.69) is 59.4 Å². The molecule has 5 nitrogen and oxygen atoms in total. The predicted octanol–water partition coefficient (Wildman–Crippen LogP) is 5.19. The Labute approximate surface area is 186 Å². The van der Waals surface area contributed by atoms with Gasteiger partial charge in [0.05, 0.1) is 17.5 Å². The van der Waals surface area contributed by atoms with Gasteiger partial charge in [0, 0.05) is 12.6 Å². The molecule has 0 spiro atoms. The van der Waals surface area contributed by atoms with Crippen molar-refractivity contribution in [3.63, 3.8) is 0 Å². The smallest absolute Gasteiger partial charge is 0.306 e. The first-order valence-electron chi connectivity index (χ1n) is 10.4. The van der Waals surface area contributed by atoms with Gasteiger partial charge < -0.3 is 19.9 Å². The Balaban J connectivity index is 1.58. The Hall–Kier alpha value is -2.05. The lowest BCUT2D eigenvalue weighted by Crippen LogP contribution is -2.43. The summed E-state index contributed by atoms with van der Waals surface area (Å²) in [5, 5.41) is 12.4. The Kier molecular flexibility index (Phi) is 7.78. The molecule has 0 radical (unpaired) electrons. The van der Waals surface area contributed by atoms with Gasteiger partial charge in [-0.3, -0.25) is 4.79 Å². The number of halogens is 1. The third kappa shape index (κ3) is 5.99. The normalized spacial score (nSPS) is 18.2. The summed E-state index contributed by atoms with van der Waals surface area (Å²) in [6, 6.07) is 12.8. The highest BCUT2D eigenvalue weighted by Crippen LogP contribution is 2.37. The van der Waals surface area contributed by atoms with Gasteiger partial charge in [0.2, 0.25) is 0 Å². The van der Waals surface area contributed by atoms with Crippen molar-refractivity contribution in [3.05, 3.63) is 57.6 Å². The van der Waals surface area contributed by atoms with Crippen LogP contribution in [0.15, 0.2) is 40.9 Å². The summed E-state index contributed by atoms with van der Waals surface area (Å²) < 4.78 is 12.5. The largest absolute Gasteiger partial charge is 0.493 e. The number of methoxy groups -OCH3 is 1. The van der Waals surface area contributed by atoms with Gasteiger partial charge >= 0.3 is 5.97 Å². The van der Waals surface area contributed by atoms with E-state index in [1.54, 1.807) is 7.11 Å². The van der Waals surface area contributed by atoms with Gasteiger partial charge in [0.1, 0.15) is 6.61 Å². The molecular weight excluding hydrogens is 446 g/mol. The molecule has 2 aromatic carbocycles. The zero-order valence-corrected chi connectivity index (χ0v) is 19.4. The minimum Gasteiger partial charge on any atom is -0.493 e. The first-order chi connectivity index (χ1) is 14.4. The molecular formula is C24H30BrNO4. The Morgan fingerprint density at radius 1 is 1.17 bits per heavy atom. The van der Waals surface area contributed by atoms with Crippen LogP contribution < -0.4 is 14.8 Å². The molecule has 0 heterocycles. The molecule has 3 rings (SSSR count). The van der Waals surface area contributed by atoms with Gasteiger partial charge in [0.25, 0.3) is 0 Å². The monoisotopic (exact) mass is 475 g/mol. The molecule has 0 amide bonds. The zero-order valence-electron chi connectivity index (χ0n) is 17.8. The topological polar surface area (TPSA) is 67.8 Å². The summed E-state index contributed by atoms with van der Waals surface area (Å²) >= 11 is 3.61. The lowest BCUT2D eigenvalue weighted by atomic mass is 9.80. The number of hydrogen-bond donors (Lipinski definition) is 2. The molecule has 0 aliphatic heterocycles. The van der Waals surface area contributed by atoms with Crippen LogP contribution in [-0.2, 0) is 24.4 Å². The number of rotatable bonds is 10. The molecule has 162 valence electrons.